The molecule has 111 heavy (non-hydrogen) atoms. The third kappa shape index (κ3) is 23.4. The number of carbonyl (C=O) groups is 9. The number of aliphatic hydroxyl groups is 18. The van der Waals surface area contributed by atoms with Gasteiger partial charge in [-0.2, -0.15) is 0 Å². The van der Waals surface area contributed by atoms with Gasteiger partial charge in [0.05, 0.1) is 58.5 Å². The fourth-order valence-corrected chi connectivity index (χ4v) is 12.9. The summed E-state index contributed by atoms with van der Waals surface area (Å²) < 4.78 is 70.4. The Balaban J connectivity index is 1.47. The van der Waals surface area contributed by atoms with E-state index < -0.39 is 332 Å². The molecule has 48 heteroatoms. The summed E-state index contributed by atoms with van der Waals surface area (Å²) in [6, 6.07) is -15.9. The normalized spacial score (nSPS) is 38.5. The summed E-state index contributed by atoms with van der Waals surface area (Å²) in [5.41, 5.74) is 0. The van der Waals surface area contributed by atoms with Crippen LogP contribution in [0, 0.1) is 5.92 Å². The zero-order chi connectivity index (χ0) is 83.2. The quantitative estimate of drug-likeness (QED) is 0.0280. The van der Waals surface area contributed by atoms with Gasteiger partial charge in [-0.05, 0) is 26.7 Å². The molecule has 0 bridgehead atoms. The van der Waals surface area contributed by atoms with Gasteiger partial charge >= 0.3 is 5.97 Å². The highest BCUT2D eigenvalue weighted by molar-refractivity contribution is 5.96. The van der Waals surface area contributed by atoms with E-state index in [4.69, 9.17) is 56.8 Å². The van der Waals surface area contributed by atoms with E-state index in [1.54, 1.807) is 0 Å². The van der Waals surface area contributed by atoms with Gasteiger partial charge in [0.2, 0.25) is 47.3 Å². The molecular weight excluding hydrogens is 1510 g/mol. The first-order chi connectivity index (χ1) is 52.1. The van der Waals surface area contributed by atoms with Crippen LogP contribution in [0.5, 0.6) is 0 Å². The minimum atomic E-state index is -2.45. The van der Waals surface area contributed by atoms with Crippen molar-refractivity contribution in [2.75, 3.05) is 46.2 Å². The number of nitrogens with one attached hydrogen (secondary N) is 8. The maximum atomic E-state index is 15.8. The van der Waals surface area contributed by atoms with Gasteiger partial charge in [-0.3, -0.25) is 38.4 Å². The molecule has 6 fully saturated rings. The fraction of sp³-hybridized carbons (Fsp3) is 0.857. The van der Waals surface area contributed by atoms with Crippen LogP contribution in [-0.4, -0.2) is 423 Å². The van der Waals surface area contributed by atoms with Crippen LogP contribution in [0.2, 0.25) is 0 Å². The van der Waals surface area contributed by atoms with Crippen molar-refractivity contribution >= 4 is 53.2 Å². The van der Waals surface area contributed by atoms with E-state index in [1.807, 2.05) is 0 Å². The first-order valence-electron chi connectivity index (χ1n) is 35.3. The Morgan fingerprint density at radius 1 is 0.333 bits per heavy atom. The van der Waals surface area contributed by atoms with E-state index in [1.165, 1.54) is 13.8 Å². The van der Waals surface area contributed by atoms with Crippen molar-refractivity contribution in [3.8, 4) is 0 Å². The SMILES string of the molecule is CC(=O)N[C@H]1[C@@H](OC[C@H](NC(C)=O)C(=O)N[C@H](C(=O)N[C@H](C(=O)N[C@@H](C)C(=O)N[C@H](C(=O)O)C(C)C)[C@@H](C)O[C@H]2O[C@H](CO)[C@H](O)[C@H](O[C@@H]3O[C@H](CO)[C@H](O)[C@H](O)[C@H]3O)[C@H]2NC(C)=O)[C@@H](C)O[C@H]2O[C@H](CO)[C@H](O)[C@H](O[C@@H]3O[C@H](CO)[C@H](O)[C@H](O)[C@H]3O)[C@H]2NC(C)=O)O[C@H](CO)[C@H](O)[C@@H]1O[C@@H]1O[C@H](CO)[C@H](O)[C@H](O)[C@H]1O. The van der Waals surface area contributed by atoms with Gasteiger partial charge in [0.25, 0.3) is 0 Å². The van der Waals surface area contributed by atoms with Crippen LogP contribution in [0.15, 0.2) is 0 Å². The topological polar surface area (TPSA) is 745 Å². The molecular formula is C63H106N8O40. The largest absolute Gasteiger partial charge is 0.480 e. The Morgan fingerprint density at radius 3 is 0.928 bits per heavy atom. The maximum absolute atomic E-state index is 15.8. The summed E-state index contributed by atoms with van der Waals surface area (Å²) in [6.07, 6.45) is -57.6. The number of carboxylic acid groups (broad SMARTS) is 1. The summed E-state index contributed by atoms with van der Waals surface area (Å²) in [5.74, 6) is -11.9. The number of carbonyl (C=O) groups excluding carboxylic acids is 8. The zero-order valence-corrected chi connectivity index (χ0v) is 61.5. The first-order valence-corrected chi connectivity index (χ1v) is 35.3. The molecule has 0 unspecified atom stereocenters. The van der Waals surface area contributed by atoms with Crippen molar-refractivity contribution in [3.63, 3.8) is 0 Å². The van der Waals surface area contributed by atoms with Crippen molar-refractivity contribution < 1.29 is 197 Å². The maximum Gasteiger partial charge on any atom is 0.326 e. The van der Waals surface area contributed by atoms with Gasteiger partial charge in [-0.15, -0.1) is 0 Å². The molecule has 0 saturated carbocycles. The lowest BCUT2D eigenvalue weighted by molar-refractivity contribution is -0.347. The van der Waals surface area contributed by atoms with Gasteiger partial charge < -0.3 is 196 Å². The fourth-order valence-electron chi connectivity index (χ4n) is 12.9. The predicted octanol–water partition coefficient (Wildman–Crippen LogP) is -16.7. The van der Waals surface area contributed by atoms with Crippen LogP contribution >= 0.6 is 0 Å². The molecule has 6 heterocycles. The van der Waals surface area contributed by atoms with E-state index >= 15 is 14.4 Å². The van der Waals surface area contributed by atoms with Crippen molar-refractivity contribution in [3.05, 3.63) is 0 Å². The molecule has 0 spiro atoms. The number of carboxylic acids is 1. The molecule has 6 rings (SSSR count). The lowest BCUT2D eigenvalue weighted by Crippen LogP contribution is -2.69. The van der Waals surface area contributed by atoms with Crippen LogP contribution in [0.3, 0.4) is 0 Å². The molecule has 6 saturated heterocycles. The lowest BCUT2D eigenvalue weighted by Gasteiger charge is -2.48. The van der Waals surface area contributed by atoms with Crippen molar-refractivity contribution in [1.29, 1.82) is 0 Å². The third-order valence-corrected chi connectivity index (χ3v) is 19.0. The van der Waals surface area contributed by atoms with Crippen LogP contribution in [0.1, 0.15) is 62.3 Å². The van der Waals surface area contributed by atoms with Crippen LogP contribution in [0.25, 0.3) is 0 Å². The Kier molecular flexibility index (Phi) is 35.6. The van der Waals surface area contributed by atoms with Crippen LogP contribution in [-0.2, 0) is 100.0 Å². The standard InChI is InChI=1S/C63H106N8O40/c1-17(2)32(57(98)99)69-53(94)18(3)64-55(96)33(19(4)101-59-36(67-23(8)80)51(42(86)30(14-76)104-59)110-62-48(92)45(89)39(83)27(11-73)107-62)71-56(97)34(20(5)102-60-37(68-24(9)81)52(43(87)31(15-77)105-60)111-63-49(93)46(90)40(84)28(12-74)108-63)70-54(95)25(65-21(6)78)16-100-58-35(66-22(7)79)50(41(85)29(13-75)103-58)109-61-47(91)44(88)38(82)26(10-72)106-61/h17-20,25-52,58-63,72-77,82-93H,10-16H2,1-9H3,(H,64,96)(H,65,78)(H,66,79)(H,67,80)(H,68,81)(H,69,94)(H,70,95)(H,71,97)(H,98,99)/t18-,19+,20+,25-,26+,27+,28+,29+,30+,31+,32-,33-,34-,35+,36+,37+,38-,39-,40-,41-,42-,43-,44-,45-,46-,47+,48+,49+,50+,51+,52+,58-,59-,60-,61-,62-,63-/m0/s1. The Hall–Kier alpha value is -5.97. The Bertz CT molecular complexity index is 3060. The van der Waals surface area contributed by atoms with E-state index in [0.29, 0.717) is 0 Å². The van der Waals surface area contributed by atoms with E-state index in [-0.39, 0.29) is 0 Å². The average molecular weight is 1620 g/mol. The molecule has 6 aliphatic heterocycles. The number of rotatable bonds is 35. The molecule has 8 amide bonds. The van der Waals surface area contributed by atoms with Crippen LogP contribution < -0.4 is 42.5 Å². The van der Waals surface area contributed by atoms with E-state index in [9.17, 15) is 126 Å². The molecule has 0 aromatic carbocycles. The monoisotopic (exact) mass is 1610 g/mol. The Labute approximate surface area is 632 Å². The van der Waals surface area contributed by atoms with E-state index in [0.717, 1.165) is 48.5 Å². The smallest absolute Gasteiger partial charge is 0.326 e. The Morgan fingerprint density at radius 2 is 0.622 bits per heavy atom. The van der Waals surface area contributed by atoms with Crippen molar-refractivity contribution in [2.45, 2.75) is 289 Å². The number of amides is 8. The number of ether oxygens (including phenoxy) is 12. The van der Waals surface area contributed by atoms with Gasteiger partial charge in [0.1, 0.15) is 177 Å². The number of aliphatic hydroxyl groups excluding tert-OH is 18. The second-order valence-corrected chi connectivity index (χ2v) is 27.8. The predicted molar refractivity (Wildman–Crippen MR) is 355 cm³/mol. The highest BCUT2D eigenvalue weighted by Crippen LogP contribution is 2.35. The number of aliphatic carboxylic acids is 1. The van der Waals surface area contributed by atoms with Crippen molar-refractivity contribution in [1.82, 2.24) is 42.5 Å². The summed E-state index contributed by atoms with van der Waals surface area (Å²) in [7, 11) is 0. The molecule has 0 aromatic rings. The number of hydrogen-bond donors (Lipinski definition) is 27. The highest BCUT2D eigenvalue weighted by Gasteiger charge is 2.57. The second kappa shape index (κ2) is 42.1. The van der Waals surface area contributed by atoms with E-state index in [2.05, 4.69) is 42.5 Å². The van der Waals surface area contributed by atoms with Crippen molar-refractivity contribution in [2.24, 2.45) is 5.92 Å². The summed E-state index contributed by atoms with van der Waals surface area (Å²) in [4.78, 5) is 124. The summed E-state index contributed by atoms with van der Waals surface area (Å²) >= 11 is 0. The van der Waals surface area contributed by atoms with Gasteiger partial charge in [-0.25, -0.2) is 4.79 Å². The lowest BCUT2D eigenvalue weighted by atomic mass is 9.95. The molecule has 0 aromatic heterocycles. The summed E-state index contributed by atoms with van der Waals surface area (Å²) in [5, 5.41) is 221. The first kappa shape index (κ1) is 93.9. The molecule has 0 radical (unpaired) electrons. The molecule has 48 nitrogen and oxygen atoms in total. The molecule has 6 aliphatic rings. The van der Waals surface area contributed by atoms with Gasteiger partial charge in [0.15, 0.2) is 37.7 Å². The molecule has 638 valence electrons. The molecule has 27 N–H and O–H groups in total. The second-order valence-electron chi connectivity index (χ2n) is 27.8. The van der Waals surface area contributed by atoms with Gasteiger partial charge in [0, 0.05) is 27.7 Å². The summed E-state index contributed by atoms with van der Waals surface area (Å²) in [6.45, 7) is 2.22. The number of hydrogen-bond acceptors (Lipinski definition) is 39. The minimum absolute atomic E-state index is 0.772. The third-order valence-electron chi connectivity index (χ3n) is 19.0. The van der Waals surface area contributed by atoms with Crippen LogP contribution in [0.4, 0.5) is 0 Å². The molecule has 37 atom stereocenters. The minimum Gasteiger partial charge on any atom is -0.480 e. The highest BCUT2D eigenvalue weighted by atomic mass is 16.8. The van der Waals surface area contributed by atoms with Gasteiger partial charge in [-0.1, -0.05) is 13.8 Å². The average Bonchev–Trinajstić information content (AvgIpc) is 0.785. The zero-order valence-electron chi connectivity index (χ0n) is 61.5. The molecule has 0 aliphatic carbocycles.